The minimum Gasteiger partial charge on any atom is -0.347 e. The van der Waals surface area contributed by atoms with E-state index in [0.717, 1.165) is 30.9 Å². The average molecular weight is 345 g/mol. The van der Waals surface area contributed by atoms with Gasteiger partial charge in [-0.25, -0.2) is 8.42 Å². The first-order chi connectivity index (χ1) is 11.5. The van der Waals surface area contributed by atoms with Gasteiger partial charge in [0, 0.05) is 44.1 Å². The van der Waals surface area contributed by atoms with Gasteiger partial charge in [-0.15, -0.1) is 0 Å². The Morgan fingerprint density at radius 3 is 2.62 bits per heavy atom. The van der Waals surface area contributed by atoms with Gasteiger partial charge in [-0.05, 0) is 36.6 Å². The number of hydrogen-bond acceptors (Lipinski definition) is 3. The van der Waals surface area contributed by atoms with E-state index in [1.807, 2.05) is 24.3 Å². The third-order valence-corrected chi connectivity index (χ3v) is 6.05. The van der Waals surface area contributed by atoms with E-state index in [1.165, 1.54) is 24.8 Å². The van der Waals surface area contributed by atoms with E-state index < -0.39 is 10.0 Å². The van der Waals surface area contributed by atoms with Crippen molar-refractivity contribution in [1.82, 2.24) is 9.47 Å². The lowest BCUT2D eigenvalue weighted by molar-refractivity contribution is 0.263. The number of anilines is 1. The van der Waals surface area contributed by atoms with Crippen molar-refractivity contribution in [3.8, 4) is 0 Å². The summed E-state index contributed by atoms with van der Waals surface area (Å²) >= 11 is 0. The van der Waals surface area contributed by atoms with Crippen LogP contribution in [0.3, 0.4) is 0 Å². The molecule has 2 aromatic rings. The van der Waals surface area contributed by atoms with Crippen molar-refractivity contribution in [1.29, 1.82) is 0 Å². The van der Waals surface area contributed by atoms with Gasteiger partial charge in [0.15, 0.2) is 0 Å². The van der Waals surface area contributed by atoms with E-state index in [-0.39, 0.29) is 0 Å². The standard InChI is InChI=1S/C18H23N3O2S/c1-24(22,23)21-12-11-19(13-15-5-2-3-7-18(15)21)14-17-6-4-10-20(17)16-8-9-16/h2-7,10,16H,8-9,11-14H2,1H3. The fourth-order valence-electron chi connectivity index (χ4n) is 3.54. The number of aromatic nitrogens is 1. The highest BCUT2D eigenvalue weighted by atomic mass is 32.2. The highest BCUT2D eigenvalue weighted by Crippen LogP contribution is 2.36. The Labute approximate surface area is 143 Å². The molecule has 4 rings (SSSR count). The molecule has 1 fully saturated rings. The minimum absolute atomic E-state index is 0.500. The molecule has 24 heavy (non-hydrogen) atoms. The molecule has 1 aromatic carbocycles. The summed E-state index contributed by atoms with van der Waals surface area (Å²) in [5.41, 5.74) is 3.22. The Hall–Kier alpha value is -1.79. The van der Waals surface area contributed by atoms with Crippen molar-refractivity contribution in [2.75, 3.05) is 23.7 Å². The van der Waals surface area contributed by atoms with E-state index in [0.29, 0.717) is 12.6 Å². The summed E-state index contributed by atoms with van der Waals surface area (Å²) in [4.78, 5) is 2.35. The van der Waals surface area contributed by atoms with Crippen LogP contribution in [-0.4, -0.2) is 37.2 Å². The van der Waals surface area contributed by atoms with Crippen molar-refractivity contribution >= 4 is 15.7 Å². The van der Waals surface area contributed by atoms with Gasteiger partial charge in [-0.3, -0.25) is 9.21 Å². The van der Waals surface area contributed by atoms with E-state index in [9.17, 15) is 8.42 Å². The molecule has 128 valence electrons. The summed E-state index contributed by atoms with van der Waals surface area (Å²) < 4.78 is 28.3. The van der Waals surface area contributed by atoms with Crippen LogP contribution >= 0.6 is 0 Å². The highest BCUT2D eigenvalue weighted by Gasteiger charge is 2.28. The summed E-state index contributed by atoms with van der Waals surface area (Å²) in [6.45, 7) is 2.87. The van der Waals surface area contributed by atoms with Crippen LogP contribution in [0.2, 0.25) is 0 Å². The van der Waals surface area contributed by atoms with Gasteiger partial charge >= 0.3 is 0 Å². The van der Waals surface area contributed by atoms with Crippen LogP contribution in [0.5, 0.6) is 0 Å². The minimum atomic E-state index is -3.26. The predicted molar refractivity (Wildman–Crippen MR) is 95.4 cm³/mol. The zero-order valence-electron chi connectivity index (χ0n) is 13.9. The second kappa shape index (κ2) is 5.93. The number of fused-ring (bicyclic) bond motifs is 1. The molecule has 5 nitrogen and oxygen atoms in total. The average Bonchev–Trinajstić information content (AvgIpc) is 3.30. The first-order valence-corrected chi connectivity index (χ1v) is 10.3. The van der Waals surface area contributed by atoms with Gasteiger partial charge in [0.2, 0.25) is 10.0 Å². The molecule has 0 saturated heterocycles. The molecule has 0 bridgehead atoms. The molecule has 1 aromatic heterocycles. The maximum atomic E-state index is 12.2. The van der Waals surface area contributed by atoms with Gasteiger partial charge < -0.3 is 4.57 Å². The molecule has 2 aliphatic rings. The van der Waals surface area contributed by atoms with Crippen molar-refractivity contribution < 1.29 is 8.42 Å². The van der Waals surface area contributed by atoms with Crippen LogP contribution in [0.25, 0.3) is 0 Å². The second-order valence-electron chi connectivity index (χ2n) is 6.81. The Morgan fingerprint density at radius 1 is 1.08 bits per heavy atom. The van der Waals surface area contributed by atoms with Crippen LogP contribution in [0.15, 0.2) is 42.6 Å². The van der Waals surface area contributed by atoms with Crippen LogP contribution in [0.1, 0.15) is 30.1 Å². The quantitative estimate of drug-likeness (QED) is 0.856. The molecule has 0 amide bonds. The molecule has 0 radical (unpaired) electrons. The number of hydrogen-bond donors (Lipinski definition) is 0. The molecule has 1 aliphatic heterocycles. The van der Waals surface area contributed by atoms with Crippen LogP contribution in [-0.2, 0) is 23.1 Å². The Bertz CT molecular complexity index is 839. The monoisotopic (exact) mass is 345 g/mol. The van der Waals surface area contributed by atoms with Crippen LogP contribution < -0.4 is 4.31 Å². The van der Waals surface area contributed by atoms with Gasteiger partial charge in [-0.2, -0.15) is 0 Å². The molecular formula is C18H23N3O2S. The third kappa shape index (κ3) is 3.08. The van der Waals surface area contributed by atoms with Crippen LogP contribution in [0, 0.1) is 0 Å². The third-order valence-electron chi connectivity index (χ3n) is 4.87. The molecule has 2 heterocycles. The molecule has 1 aliphatic carbocycles. The first kappa shape index (κ1) is 15.7. The Kier molecular flexibility index (Phi) is 3.89. The fourth-order valence-corrected chi connectivity index (χ4v) is 4.49. The van der Waals surface area contributed by atoms with Crippen molar-refractivity contribution in [2.24, 2.45) is 0 Å². The van der Waals surface area contributed by atoms with E-state index in [1.54, 1.807) is 4.31 Å². The summed E-state index contributed by atoms with van der Waals surface area (Å²) in [6.07, 6.45) is 6.00. The largest absolute Gasteiger partial charge is 0.347 e. The molecule has 0 unspecified atom stereocenters. The van der Waals surface area contributed by atoms with Crippen molar-refractivity contribution in [3.63, 3.8) is 0 Å². The number of para-hydroxylation sites is 1. The number of nitrogens with zero attached hydrogens (tertiary/aromatic N) is 3. The van der Waals surface area contributed by atoms with E-state index >= 15 is 0 Å². The molecular weight excluding hydrogens is 322 g/mol. The Balaban J connectivity index is 1.60. The molecule has 0 spiro atoms. The predicted octanol–water partition coefficient (Wildman–Crippen LogP) is 2.60. The maximum Gasteiger partial charge on any atom is 0.232 e. The topological polar surface area (TPSA) is 45.6 Å². The SMILES string of the molecule is CS(=O)(=O)N1CCN(Cc2cccn2C2CC2)Cc2ccccc21. The maximum absolute atomic E-state index is 12.2. The van der Waals surface area contributed by atoms with Crippen LogP contribution in [0.4, 0.5) is 5.69 Å². The lowest BCUT2D eigenvalue weighted by Crippen LogP contribution is -2.35. The van der Waals surface area contributed by atoms with E-state index in [4.69, 9.17) is 0 Å². The normalized spacial score (nSPS) is 19.1. The summed E-state index contributed by atoms with van der Waals surface area (Å²) in [7, 11) is -3.26. The summed E-state index contributed by atoms with van der Waals surface area (Å²) in [6, 6.07) is 12.8. The van der Waals surface area contributed by atoms with Gasteiger partial charge in [0.05, 0.1) is 11.9 Å². The first-order valence-electron chi connectivity index (χ1n) is 8.46. The van der Waals surface area contributed by atoms with Gasteiger partial charge in [0.1, 0.15) is 0 Å². The lowest BCUT2D eigenvalue weighted by atomic mass is 10.1. The highest BCUT2D eigenvalue weighted by molar-refractivity contribution is 7.92. The smallest absolute Gasteiger partial charge is 0.232 e. The van der Waals surface area contributed by atoms with E-state index in [2.05, 4.69) is 27.8 Å². The lowest BCUT2D eigenvalue weighted by Gasteiger charge is -2.22. The summed E-state index contributed by atoms with van der Waals surface area (Å²) in [5, 5.41) is 0. The zero-order chi connectivity index (χ0) is 16.7. The van der Waals surface area contributed by atoms with Crippen molar-refractivity contribution in [2.45, 2.75) is 32.0 Å². The molecule has 0 N–H and O–H groups in total. The molecule has 1 saturated carbocycles. The number of benzene rings is 1. The van der Waals surface area contributed by atoms with Crippen molar-refractivity contribution in [3.05, 3.63) is 53.9 Å². The molecule has 0 atom stereocenters. The zero-order valence-corrected chi connectivity index (χ0v) is 14.7. The fraction of sp³-hybridized carbons (Fsp3) is 0.444. The Morgan fingerprint density at radius 2 is 1.88 bits per heavy atom. The summed E-state index contributed by atoms with van der Waals surface area (Å²) in [5.74, 6) is 0. The molecule has 6 heteroatoms. The van der Waals surface area contributed by atoms with Gasteiger partial charge in [-0.1, -0.05) is 18.2 Å². The number of rotatable bonds is 4. The van der Waals surface area contributed by atoms with Gasteiger partial charge in [0.25, 0.3) is 0 Å². The second-order valence-corrected chi connectivity index (χ2v) is 8.72. The number of sulfonamides is 1.